The van der Waals surface area contributed by atoms with E-state index in [4.69, 9.17) is 16.3 Å². The summed E-state index contributed by atoms with van der Waals surface area (Å²) in [6.45, 7) is 1.76. The number of hydrogen-bond acceptors (Lipinski definition) is 5. The fourth-order valence-corrected chi connectivity index (χ4v) is 2.63. The van der Waals surface area contributed by atoms with Crippen LogP contribution in [0.1, 0.15) is 23.7 Å². The average Bonchev–Trinajstić information content (AvgIpc) is 2.67. The standard InChI is InChI=1S/C19H16ClN3O3/c1-2-16(18(24)23-14-8-4-3-7-13(14)20)26-19(25)12-6-5-9-15-17(12)22-11-10-21-15/h3-11,16H,2H2,1H3,(H,23,24). The first-order valence-corrected chi connectivity index (χ1v) is 8.44. The number of para-hydroxylation sites is 2. The summed E-state index contributed by atoms with van der Waals surface area (Å²) >= 11 is 6.05. The van der Waals surface area contributed by atoms with Crippen LogP contribution in [-0.4, -0.2) is 27.9 Å². The van der Waals surface area contributed by atoms with Crippen LogP contribution in [0, 0.1) is 0 Å². The average molecular weight is 370 g/mol. The Balaban J connectivity index is 1.78. The third kappa shape index (κ3) is 3.81. The number of nitrogens with one attached hydrogen (secondary N) is 1. The maximum absolute atomic E-state index is 12.6. The zero-order valence-electron chi connectivity index (χ0n) is 14.0. The lowest BCUT2D eigenvalue weighted by Gasteiger charge is -2.17. The summed E-state index contributed by atoms with van der Waals surface area (Å²) in [5, 5.41) is 3.09. The predicted octanol–water partition coefficient (Wildman–Crippen LogP) is 3.86. The topological polar surface area (TPSA) is 81.2 Å². The number of hydrogen-bond donors (Lipinski definition) is 1. The molecular weight excluding hydrogens is 354 g/mol. The van der Waals surface area contributed by atoms with Crippen LogP contribution in [0.25, 0.3) is 11.0 Å². The quantitative estimate of drug-likeness (QED) is 0.691. The van der Waals surface area contributed by atoms with Crippen molar-refractivity contribution in [2.45, 2.75) is 19.4 Å². The van der Waals surface area contributed by atoms with E-state index in [2.05, 4.69) is 15.3 Å². The first-order chi connectivity index (χ1) is 12.6. The number of halogens is 1. The summed E-state index contributed by atoms with van der Waals surface area (Å²) in [5.41, 5.74) is 1.74. The Bertz CT molecular complexity index is 956. The number of carbonyl (C=O) groups is 2. The molecule has 132 valence electrons. The molecule has 0 aliphatic carbocycles. The third-order valence-electron chi connectivity index (χ3n) is 3.76. The number of aromatic nitrogens is 2. The Labute approximate surface area is 155 Å². The van der Waals surface area contributed by atoms with Gasteiger partial charge in [-0.15, -0.1) is 0 Å². The van der Waals surface area contributed by atoms with Gasteiger partial charge in [0.25, 0.3) is 5.91 Å². The van der Waals surface area contributed by atoms with Crippen molar-refractivity contribution < 1.29 is 14.3 Å². The highest BCUT2D eigenvalue weighted by Gasteiger charge is 2.24. The van der Waals surface area contributed by atoms with Gasteiger partial charge in [0.1, 0.15) is 5.52 Å². The number of nitrogens with zero attached hydrogens (tertiary/aromatic N) is 2. The minimum atomic E-state index is -0.953. The molecule has 3 aromatic rings. The van der Waals surface area contributed by atoms with E-state index < -0.39 is 18.0 Å². The normalized spacial score (nSPS) is 11.8. The van der Waals surface area contributed by atoms with Crippen molar-refractivity contribution >= 4 is 40.2 Å². The number of fused-ring (bicyclic) bond motifs is 1. The Morgan fingerprint density at radius 2 is 1.88 bits per heavy atom. The molecule has 0 spiro atoms. The predicted molar refractivity (Wildman–Crippen MR) is 99.1 cm³/mol. The van der Waals surface area contributed by atoms with Gasteiger partial charge in [0.15, 0.2) is 6.10 Å². The van der Waals surface area contributed by atoms with Crippen molar-refractivity contribution in [3.05, 3.63) is 65.4 Å². The Kier molecular flexibility index (Phi) is 5.43. The fraction of sp³-hybridized carbons (Fsp3) is 0.158. The second kappa shape index (κ2) is 7.93. The summed E-state index contributed by atoms with van der Waals surface area (Å²) in [6.07, 6.45) is 2.41. The van der Waals surface area contributed by atoms with Crippen LogP contribution in [0.5, 0.6) is 0 Å². The summed E-state index contributed by atoms with van der Waals surface area (Å²) in [4.78, 5) is 33.3. The van der Waals surface area contributed by atoms with Crippen LogP contribution in [-0.2, 0) is 9.53 Å². The molecule has 0 saturated carbocycles. The van der Waals surface area contributed by atoms with E-state index in [1.165, 1.54) is 6.20 Å². The molecule has 0 saturated heterocycles. The second-order valence-electron chi connectivity index (χ2n) is 5.50. The number of rotatable bonds is 5. The van der Waals surface area contributed by atoms with Gasteiger partial charge in [-0.2, -0.15) is 0 Å². The maximum Gasteiger partial charge on any atom is 0.341 e. The van der Waals surface area contributed by atoms with Crippen molar-refractivity contribution in [2.24, 2.45) is 0 Å². The van der Waals surface area contributed by atoms with E-state index in [-0.39, 0.29) is 5.56 Å². The van der Waals surface area contributed by atoms with E-state index in [0.29, 0.717) is 28.2 Å². The molecule has 1 atom stereocenters. The van der Waals surface area contributed by atoms with Crippen LogP contribution in [0.15, 0.2) is 54.9 Å². The zero-order valence-corrected chi connectivity index (χ0v) is 14.7. The molecule has 1 N–H and O–H groups in total. The molecule has 1 amide bonds. The van der Waals surface area contributed by atoms with Gasteiger partial charge in [0, 0.05) is 12.4 Å². The lowest BCUT2D eigenvalue weighted by Crippen LogP contribution is -2.32. The molecule has 1 heterocycles. The minimum absolute atomic E-state index is 0.264. The number of esters is 1. The molecule has 7 heteroatoms. The monoisotopic (exact) mass is 369 g/mol. The van der Waals surface area contributed by atoms with Crippen LogP contribution in [0.2, 0.25) is 5.02 Å². The minimum Gasteiger partial charge on any atom is -0.449 e. The highest BCUT2D eigenvalue weighted by molar-refractivity contribution is 6.33. The van der Waals surface area contributed by atoms with Crippen molar-refractivity contribution in [2.75, 3.05) is 5.32 Å². The summed E-state index contributed by atoms with van der Waals surface area (Å²) in [7, 11) is 0. The molecule has 0 aliphatic heterocycles. The molecule has 0 aliphatic rings. The summed E-state index contributed by atoms with van der Waals surface area (Å²) in [6, 6.07) is 11.9. The van der Waals surface area contributed by atoms with E-state index in [1.54, 1.807) is 55.6 Å². The van der Waals surface area contributed by atoms with Crippen molar-refractivity contribution in [3.63, 3.8) is 0 Å². The molecule has 0 bridgehead atoms. The van der Waals surface area contributed by atoms with Gasteiger partial charge in [-0.3, -0.25) is 14.8 Å². The number of carbonyl (C=O) groups excluding carboxylic acids is 2. The van der Waals surface area contributed by atoms with Crippen molar-refractivity contribution in [1.29, 1.82) is 0 Å². The van der Waals surface area contributed by atoms with Gasteiger partial charge in [0.05, 0.1) is 21.8 Å². The lowest BCUT2D eigenvalue weighted by atomic mass is 10.1. The smallest absolute Gasteiger partial charge is 0.341 e. The van der Waals surface area contributed by atoms with Gasteiger partial charge in [-0.25, -0.2) is 4.79 Å². The zero-order chi connectivity index (χ0) is 18.5. The Morgan fingerprint density at radius 1 is 1.12 bits per heavy atom. The van der Waals surface area contributed by atoms with Crippen molar-refractivity contribution in [3.8, 4) is 0 Å². The summed E-state index contributed by atoms with van der Waals surface area (Å²) in [5.74, 6) is -1.07. The number of anilines is 1. The molecule has 1 unspecified atom stereocenters. The fourth-order valence-electron chi connectivity index (χ4n) is 2.45. The van der Waals surface area contributed by atoms with E-state index in [0.717, 1.165) is 0 Å². The van der Waals surface area contributed by atoms with Gasteiger partial charge in [0.2, 0.25) is 0 Å². The number of benzene rings is 2. The van der Waals surface area contributed by atoms with Gasteiger partial charge in [-0.1, -0.05) is 36.7 Å². The summed E-state index contributed by atoms with van der Waals surface area (Å²) < 4.78 is 5.41. The van der Waals surface area contributed by atoms with Crippen LogP contribution in [0.4, 0.5) is 5.69 Å². The van der Waals surface area contributed by atoms with Crippen LogP contribution >= 0.6 is 11.6 Å². The second-order valence-corrected chi connectivity index (χ2v) is 5.91. The van der Waals surface area contributed by atoms with Crippen molar-refractivity contribution in [1.82, 2.24) is 9.97 Å². The lowest BCUT2D eigenvalue weighted by molar-refractivity contribution is -0.124. The van der Waals surface area contributed by atoms with Gasteiger partial charge in [-0.05, 0) is 30.7 Å². The van der Waals surface area contributed by atoms with Crippen LogP contribution in [0.3, 0.4) is 0 Å². The molecule has 1 aromatic heterocycles. The number of ether oxygens (including phenoxy) is 1. The molecule has 6 nitrogen and oxygen atoms in total. The van der Waals surface area contributed by atoms with Gasteiger partial charge < -0.3 is 10.1 Å². The molecule has 26 heavy (non-hydrogen) atoms. The number of amides is 1. The SMILES string of the molecule is CCC(OC(=O)c1cccc2nccnc12)C(=O)Nc1ccccc1Cl. The Morgan fingerprint density at radius 3 is 2.65 bits per heavy atom. The van der Waals surface area contributed by atoms with E-state index in [1.807, 2.05) is 0 Å². The highest BCUT2D eigenvalue weighted by atomic mass is 35.5. The first kappa shape index (κ1) is 17.8. The van der Waals surface area contributed by atoms with Gasteiger partial charge >= 0.3 is 5.97 Å². The largest absolute Gasteiger partial charge is 0.449 e. The van der Waals surface area contributed by atoms with E-state index >= 15 is 0 Å². The molecule has 3 rings (SSSR count). The highest BCUT2D eigenvalue weighted by Crippen LogP contribution is 2.21. The first-order valence-electron chi connectivity index (χ1n) is 8.06. The Hall–Kier alpha value is -2.99. The maximum atomic E-state index is 12.6. The van der Waals surface area contributed by atoms with Crippen LogP contribution < -0.4 is 5.32 Å². The molecule has 2 aromatic carbocycles. The molecular formula is C19H16ClN3O3. The third-order valence-corrected chi connectivity index (χ3v) is 4.09. The molecule has 0 fully saturated rings. The molecule has 0 radical (unpaired) electrons. The van der Waals surface area contributed by atoms with E-state index in [9.17, 15) is 9.59 Å².